The molecule has 1 heterocycles. The Kier molecular flexibility index (Phi) is 3.73. The van der Waals surface area contributed by atoms with Gasteiger partial charge in [-0.05, 0) is 17.2 Å². The van der Waals surface area contributed by atoms with Crippen molar-refractivity contribution in [1.82, 2.24) is 0 Å². The summed E-state index contributed by atoms with van der Waals surface area (Å²) in [6.07, 6.45) is 7.24. The minimum atomic E-state index is -1.62. The van der Waals surface area contributed by atoms with E-state index in [0.29, 0.717) is 0 Å². The number of aliphatic carboxylic acids is 2. The number of ether oxygens (including phenoxy) is 1. The molecule has 0 radical (unpaired) electrons. The molecule has 0 spiro atoms. The van der Waals surface area contributed by atoms with Crippen molar-refractivity contribution in [1.29, 1.82) is 0 Å². The van der Waals surface area contributed by atoms with Crippen molar-refractivity contribution < 1.29 is 24.5 Å². The molecule has 1 saturated carbocycles. The molecule has 3 aliphatic rings. The van der Waals surface area contributed by atoms with Gasteiger partial charge < -0.3 is 20.7 Å². The van der Waals surface area contributed by atoms with E-state index in [0.717, 1.165) is 21.6 Å². The van der Waals surface area contributed by atoms with E-state index in [1.54, 1.807) is 6.26 Å². The molecule has 1 aliphatic heterocycles. The quantitative estimate of drug-likeness (QED) is 0.705. The number of rotatable bonds is 5. The van der Waals surface area contributed by atoms with Crippen LogP contribution in [0.15, 0.2) is 48.1 Å². The smallest absolute Gasteiger partial charge is 0.324 e. The minimum Gasteiger partial charge on any atom is -0.488 e. The van der Waals surface area contributed by atoms with Crippen molar-refractivity contribution in [2.75, 3.05) is 0 Å². The molecule has 1 fully saturated rings. The van der Waals surface area contributed by atoms with Crippen LogP contribution in [0, 0.1) is 11.8 Å². The summed E-state index contributed by atoms with van der Waals surface area (Å²) in [4.78, 5) is 23.1. The van der Waals surface area contributed by atoms with E-state index in [1.165, 1.54) is 0 Å². The van der Waals surface area contributed by atoms with Crippen LogP contribution in [0.1, 0.15) is 12.8 Å². The molecule has 0 aromatic heterocycles. The minimum absolute atomic E-state index is 0.0469. The van der Waals surface area contributed by atoms with Crippen LogP contribution in [0.5, 0.6) is 0 Å². The predicted octanol–water partition coefficient (Wildman–Crippen LogP) is 0.363. The topological polar surface area (TPSA) is 110 Å². The molecule has 26 heavy (non-hydrogen) atoms. The monoisotopic (exact) mass is 353 g/mol. The van der Waals surface area contributed by atoms with Crippen molar-refractivity contribution in [3.8, 4) is 0 Å². The van der Waals surface area contributed by atoms with Crippen molar-refractivity contribution >= 4 is 23.8 Å². The first-order valence-electron chi connectivity index (χ1n) is 8.49. The highest BCUT2D eigenvalue weighted by molar-refractivity contribution is 5.84. The molecule has 0 bridgehead atoms. The van der Waals surface area contributed by atoms with Gasteiger partial charge in [-0.15, -0.1) is 0 Å². The molecule has 0 saturated heterocycles. The molecule has 6 heteroatoms. The highest BCUT2D eigenvalue weighted by atomic mass is 16.5. The van der Waals surface area contributed by atoms with Gasteiger partial charge in [0, 0.05) is 23.1 Å². The second-order valence-corrected chi connectivity index (χ2v) is 7.09. The van der Waals surface area contributed by atoms with Gasteiger partial charge in [-0.1, -0.05) is 42.5 Å². The molecule has 0 amide bonds. The van der Waals surface area contributed by atoms with Gasteiger partial charge in [0.2, 0.25) is 0 Å². The number of allylic oxidation sites excluding steroid dienone is 2. The van der Waals surface area contributed by atoms with Crippen LogP contribution >= 0.6 is 0 Å². The summed E-state index contributed by atoms with van der Waals surface area (Å²) in [5.74, 6) is -3.44. The van der Waals surface area contributed by atoms with Gasteiger partial charge in [0.05, 0.1) is 12.2 Å². The summed E-state index contributed by atoms with van der Waals surface area (Å²) in [6.45, 7) is 0. The zero-order valence-electron chi connectivity index (χ0n) is 14.0. The average Bonchev–Trinajstić information content (AvgIpc) is 3.43. The average molecular weight is 353 g/mol. The van der Waals surface area contributed by atoms with Crippen LogP contribution in [0.25, 0.3) is 11.8 Å². The maximum absolute atomic E-state index is 11.9. The second kappa shape index (κ2) is 5.85. The summed E-state index contributed by atoms with van der Waals surface area (Å²) in [5, 5.41) is 20.9. The molecule has 4 atom stereocenters. The summed E-state index contributed by atoms with van der Waals surface area (Å²) >= 11 is 0. The molecule has 1 unspecified atom stereocenters. The van der Waals surface area contributed by atoms with Crippen LogP contribution in [0.4, 0.5) is 0 Å². The van der Waals surface area contributed by atoms with Crippen molar-refractivity contribution in [2.45, 2.75) is 24.5 Å². The van der Waals surface area contributed by atoms with Gasteiger partial charge in [0.15, 0.2) is 0 Å². The number of fused-ring (bicyclic) bond motifs is 2. The van der Waals surface area contributed by atoms with E-state index in [4.69, 9.17) is 15.6 Å². The highest BCUT2D eigenvalue weighted by Gasteiger charge is 2.58. The Hall–Kier alpha value is -2.86. The van der Waals surface area contributed by atoms with E-state index < -0.39 is 35.4 Å². The summed E-state index contributed by atoms with van der Waals surface area (Å²) < 4.78 is 5.87. The van der Waals surface area contributed by atoms with Crippen LogP contribution in [0.2, 0.25) is 0 Å². The molecule has 134 valence electrons. The lowest BCUT2D eigenvalue weighted by atomic mass is 9.80. The largest absolute Gasteiger partial charge is 0.488 e. The van der Waals surface area contributed by atoms with Crippen molar-refractivity contribution in [2.24, 2.45) is 17.6 Å². The maximum Gasteiger partial charge on any atom is 0.324 e. The predicted molar refractivity (Wildman–Crippen MR) is 94.1 cm³/mol. The molecular weight excluding hydrogens is 334 g/mol. The SMILES string of the molecule is NC(CC1=CC=CC2=c3ccccc3=CO[C@@H]12)(C(=O)O)[C@@H]1C[C@H]1C(=O)O. The van der Waals surface area contributed by atoms with E-state index >= 15 is 0 Å². The van der Waals surface area contributed by atoms with Crippen LogP contribution < -0.4 is 16.2 Å². The Morgan fingerprint density at radius 3 is 2.73 bits per heavy atom. The Bertz CT molecular complexity index is 976. The summed E-state index contributed by atoms with van der Waals surface area (Å²) in [5.41, 5.74) is 6.30. The van der Waals surface area contributed by atoms with Crippen LogP contribution in [-0.2, 0) is 14.3 Å². The maximum atomic E-state index is 11.9. The van der Waals surface area contributed by atoms with E-state index in [-0.39, 0.29) is 12.8 Å². The fourth-order valence-electron chi connectivity index (χ4n) is 3.94. The van der Waals surface area contributed by atoms with E-state index in [2.05, 4.69) is 0 Å². The number of hydrogen-bond donors (Lipinski definition) is 3. The standard InChI is InChI=1S/C20H19NO5/c21-20(19(24)25,16-8-15(16)18(22)23)9-11-5-3-7-14-13-6-2-1-4-12(13)10-26-17(11)14/h1-7,10,15-17H,8-9,21H2,(H,22,23)(H,24,25)/t15-,16-,17+,20?/m1/s1. The third-order valence-corrected chi connectivity index (χ3v) is 5.47. The number of carbonyl (C=O) groups is 2. The van der Waals surface area contributed by atoms with Gasteiger partial charge in [-0.2, -0.15) is 0 Å². The molecule has 1 aromatic carbocycles. The fourth-order valence-corrected chi connectivity index (χ4v) is 3.94. The van der Waals surface area contributed by atoms with Gasteiger partial charge in [-0.3, -0.25) is 9.59 Å². The Morgan fingerprint density at radius 1 is 1.27 bits per heavy atom. The number of nitrogens with two attached hydrogens (primary N) is 1. The lowest BCUT2D eigenvalue weighted by molar-refractivity contribution is -0.145. The van der Waals surface area contributed by atoms with Crippen molar-refractivity contribution in [3.05, 3.63) is 58.5 Å². The van der Waals surface area contributed by atoms with Gasteiger partial charge in [0.25, 0.3) is 0 Å². The van der Waals surface area contributed by atoms with Gasteiger partial charge in [0.1, 0.15) is 11.6 Å². The fraction of sp³-hybridized carbons (Fsp3) is 0.300. The number of carboxylic acid groups (broad SMARTS) is 2. The van der Waals surface area contributed by atoms with Crippen LogP contribution in [0.3, 0.4) is 0 Å². The lowest BCUT2D eigenvalue weighted by Crippen LogP contribution is -2.52. The first-order valence-corrected chi connectivity index (χ1v) is 8.49. The zero-order chi connectivity index (χ0) is 18.5. The molecule has 4 rings (SSSR count). The van der Waals surface area contributed by atoms with Gasteiger partial charge >= 0.3 is 11.9 Å². The van der Waals surface area contributed by atoms with Crippen LogP contribution in [-0.4, -0.2) is 33.8 Å². The number of carboxylic acids is 2. The molecular formula is C20H19NO5. The first kappa shape index (κ1) is 16.6. The molecule has 4 N–H and O–H groups in total. The van der Waals surface area contributed by atoms with Crippen molar-refractivity contribution in [3.63, 3.8) is 0 Å². The lowest BCUT2D eigenvalue weighted by Gasteiger charge is -2.32. The first-order chi connectivity index (χ1) is 12.4. The molecule has 1 aromatic rings. The van der Waals surface area contributed by atoms with E-state index in [1.807, 2.05) is 42.5 Å². The summed E-state index contributed by atoms with van der Waals surface area (Å²) in [6, 6.07) is 7.83. The number of hydrogen-bond acceptors (Lipinski definition) is 4. The molecule has 6 nitrogen and oxygen atoms in total. The van der Waals surface area contributed by atoms with E-state index in [9.17, 15) is 14.7 Å². The Morgan fingerprint density at radius 2 is 2.04 bits per heavy atom. The number of benzene rings is 1. The molecule has 2 aliphatic carbocycles. The Balaban J connectivity index is 1.68. The van der Waals surface area contributed by atoms with Gasteiger partial charge in [-0.25, -0.2) is 0 Å². The third kappa shape index (κ3) is 2.54. The zero-order valence-corrected chi connectivity index (χ0v) is 14.0. The second-order valence-electron chi connectivity index (χ2n) is 7.09. The Labute approximate surface area is 149 Å². The highest BCUT2D eigenvalue weighted by Crippen LogP contribution is 2.48. The summed E-state index contributed by atoms with van der Waals surface area (Å²) in [7, 11) is 0. The third-order valence-electron chi connectivity index (χ3n) is 5.47. The normalized spacial score (nSPS) is 27.8.